The van der Waals surface area contributed by atoms with Gasteiger partial charge < -0.3 is 14.8 Å². The molecule has 0 fully saturated rings. The van der Waals surface area contributed by atoms with Gasteiger partial charge in [-0.1, -0.05) is 6.07 Å². The molecule has 0 amide bonds. The highest BCUT2D eigenvalue weighted by molar-refractivity contribution is 7.10. The summed E-state index contributed by atoms with van der Waals surface area (Å²) in [5, 5.41) is 5.59. The summed E-state index contributed by atoms with van der Waals surface area (Å²) < 4.78 is 10.3. The van der Waals surface area contributed by atoms with E-state index in [1.165, 1.54) is 4.88 Å². The van der Waals surface area contributed by atoms with Gasteiger partial charge in [0.25, 0.3) is 0 Å². The molecule has 0 bridgehead atoms. The van der Waals surface area contributed by atoms with E-state index in [9.17, 15) is 0 Å². The van der Waals surface area contributed by atoms with E-state index in [1.807, 2.05) is 0 Å². The van der Waals surface area contributed by atoms with Crippen LogP contribution in [-0.4, -0.2) is 33.5 Å². The van der Waals surface area contributed by atoms with Crippen LogP contribution in [0, 0.1) is 0 Å². The van der Waals surface area contributed by atoms with Crippen LogP contribution >= 0.6 is 11.3 Å². The van der Waals surface area contributed by atoms with Crippen molar-refractivity contribution in [2.75, 3.05) is 33.5 Å². The molecule has 92 valence electrons. The van der Waals surface area contributed by atoms with E-state index in [0.29, 0.717) is 19.3 Å². The molecule has 0 aromatic carbocycles. The maximum atomic E-state index is 5.38. The zero-order valence-corrected chi connectivity index (χ0v) is 10.9. The average molecular weight is 243 g/mol. The Morgan fingerprint density at radius 2 is 2.25 bits per heavy atom. The van der Waals surface area contributed by atoms with E-state index in [1.54, 1.807) is 18.4 Å². The number of ether oxygens (including phenoxy) is 2. The molecule has 1 N–H and O–H groups in total. The molecule has 0 aliphatic heterocycles. The highest BCUT2D eigenvalue weighted by Gasteiger charge is 2.03. The first-order valence-electron chi connectivity index (χ1n) is 5.68. The van der Waals surface area contributed by atoms with E-state index < -0.39 is 0 Å². The Hall–Kier alpha value is -0.420. The number of hydrogen-bond donors (Lipinski definition) is 1. The molecule has 1 aromatic rings. The van der Waals surface area contributed by atoms with Crippen molar-refractivity contribution in [3.63, 3.8) is 0 Å². The first-order chi connectivity index (χ1) is 7.84. The van der Waals surface area contributed by atoms with Crippen molar-refractivity contribution >= 4 is 11.3 Å². The van der Waals surface area contributed by atoms with Crippen molar-refractivity contribution in [3.05, 3.63) is 22.4 Å². The van der Waals surface area contributed by atoms with Crippen LogP contribution in [0.25, 0.3) is 0 Å². The lowest BCUT2D eigenvalue weighted by molar-refractivity contribution is 0.0693. The van der Waals surface area contributed by atoms with Gasteiger partial charge in [0.1, 0.15) is 0 Å². The van der Waals surface area contributed by atoms with Crippen LogP contribution in [0.5, 0.6) is 0 Å². The van der Waals surface area contributed by atoms with Gasteiger partial charge in [0.15, 0.2) is 0 Å². The van der Waals surface area contributed by atoms with Gasteiger partial charge in [-0.3, -0.25) is 0 Å². The van der Waals surface area contributed by atoms with Crippen molar-refractivity contribution < 1.29 is 9.47 Å². The number of rotatable bonds is 9. The van der Waals surface area contributed by atoms with E-state index in [-0.39, 0.29) is 0 Å². The maximum absolute atomic E-state index is 5.38. The predicted molar refractivity (Wildman–Crippen MR) is 68.0 cm³/mol. The van der Waals surface area contributed by atoms with Gasteiger partial charge in [-0.15, -0.1) is 11.3 Å². The summed E-state index contributed by atoms with van der Waals surface area (Å²) in [4.78, 5) is 1.39. The van der Waals surface area contributed by atoms with Crippen LogP contribution in [0.1, 0.15) is 24.3 Å². The summed E-state index contributed by atoms with van der Waals surface area (Å²) in [5.41, 5.74) is 0. The molecule has 0 spiro atoms. The topological polar surface area (TPSA) is 30.5 Å². The van der Waals surface area contributed by atoms with Crippen molar-refractivity contribution in [2.45, 2.75) is 19.4 Å². The molecule has 0 saturated carbocycles. The fraction of sp³-hybridized carbons (Fsp3) is 0.667. The smallest absolute Gasteiger partial charge is 0.0700 e. The summed E-state index contributed by atoms with van der Waals surface area (Å²) >= 11 is 1.80. The van der Waals surface area contributed by atoms with Crippen molar-refractivity contribution in [1.82, 2.24) is 5.32 Å². The van der Waals surface area contributed by atoms with Gasteiger partial charge in [0, 0.05) is 24.6 Å². The normalized spacial score (nSPS) is 12.9. The molecule has 1 rings (SSSR count). The number of methoxy groups -OCH3 is 1. The van der Waals surface area contributed by atoms with Crippen LogP contribution < -0.4 is 5.32 Å². The lowest BCUT2D eigenvalue weighted by atomic mass is 10.2. The van der Waals surface area contributed by atoms with E-state index in [4.69, 9.17) is 9.47 Å². The number of hydrogen-bond acceptors (Lipinski definition) is 4. The zero-order chi connectivity index (χ0) is 11.6. The molecule has 1 aromatic heterocycles. The van der Waals surface area contributed by atoms with Gasteiger partial charge in [-0.2, -0.15) is 0 Å². The van der Waals surface area contributed by atoms with Crippen molar-refractivity contribution in [1.29, 1.82) is 0 Å². The third-order valence-corrected chi connectivity index (χ3v) is 3.37. The van der Waals surface area contributed by atoms with Gasteiger partial charge in [0.2, 0.25) is 0 Å². The Morgan fingerprint density at radius 3 is 2.94 bits per heavy atom. The minimum absolute atomic E-state index is 0.443. The zero-order valence-electron chi connectivity index (χ0n) is 10.1. The van der Waals surface area contributed by atoms with Gasteiger partial charge in [0.05, 0.1) is 13.2 Å². The molecular weight excluding hydrogens is 222 g/mol. The van der Waals surface area contributed by atoms with Crippen LogP contribution in [0.15, 0.2) is 17.5 Å². The molecule has 0 saturated heterocycles. The Bertz CT molecular complexity index is 252. The van der Waals surface area contributed by atoms with Crippen LogP contribution in [0.4, 0.5) is 0 Å². The highest BCUT2D eigenvalue weighted by atomic mass is 32.1. The summed E-state index contributed by atoms with van der Waals surface area (Å²) in [6.07, 6.45) is 1.04. The Morgan fingerprint density at radius 1 is 1.38 bits per heavy atom. The highest BCUT2D eigenvalue weighted by Crippen LogP contribution is 2.17. The van der Waals surface area contributed by atoms with Gasteiger partial charge in [-0.25, -0.2) is 0 Å². The fourth-order valence-electron chi connectivity index (χ4n) is 1.38. The largest absolute Gasteiger partial charge is 0.382 e. The van der Waals surface area contributed by atoms with Gasteiger partial charge in [-0.05, 0) is 31.3 Å². The van der Waals surface area contributed by atoms with E-state index in [2.05, 4.69) is 29.8 Å². The Kier molecular flexibility index (Phi) is 7.42. The fourth-order valence-corrected chi connectivity index (χ4v) is 2.13. The Labute approximate surface area is 102 Å². The molecule has 0 radical (unpaired) electrons. The predicted octanol–water partition coefficient (Wildman–Crippen LogP) is 2.45. The second-order valence-electron chi connectivity index (χ2n) is 3.65. The Balaban J connectivity index is 1.95. The second-order valence-corrected chi connectivity index (χ2v) is 4.63. The molecule has 4 heteroatoms. The van der Waals surface area contributed by atoms with Crippen LogP contribution in [0.3, 0.4) is 0 Å². The molecule has 0 unspecified atom stereocenters. The molecule has 0 aliphatic carbocycles. The summed E-state index contributed by atoms with van der Waals surface area (Å²) in [7, 11) is 1.69. The minimum atomic E-state index is 0.443. The molecule has 1 heterocycles. The summed E-state index contributed by atoms with van der Waals surface area (Å²) in [6, 6.07) is 4.70. The SMILES string of the molecule is COCCOCCCN[C@@H](C)c1cccs1. The van der Waals surface area contributed by atoms with Gasteiger partial charge >= 0.3 is 0 Å². The second kappa shape index (κ2) is 8.70. The third kappa shape index (κ3) is 5.61. The lowest BCUT2D eigenvalue weighted by Crippen LogP contribution is -2.20. The maximum Gasteiger partial charge on any atom is 0.0700 e. The molecule has 0 aliphatic rings. The number of thiophene rings is 1. The average Bonchev–Trinajstić information content (AvgIpc) is 2.81. The summed E-state index contributed by atoms with van der Waals surface area (Å²) in [6.45, 7) is 5.35. The molecule has 16 heavy (non-hydrogen) atoms. The molecule has 3 nitrogen and oxygen atoms in total. The van der Waals surface area contributed by atoms with Crippen LogP contribution in [0.2, 0.25) is 0 Å². The third-order valence-electron chi connectivity index (χ3n) is 2.32. The quantitative estimate of drug-likeness (QED) is 0.676. The first-order valence-corrected chi connectivity index (χ1v) is 6.56. The minimum Gasteiger partial charge on any atom is -0.382 e. The van der Waals surface area contributed by atoms with E-state index >= 15 is 0 Å². The lowest BCUT2D eigenvalue weighted by Gasteiger charge is -2.11. The molecular formula is C12H21NO2S. The number of nitrogens with one attached hydrogen (secondary N) is 1. The summed E-state index contributed by atoms with van der Waals surface area (Å²) in [5.74, 6) is 0. The standard InChI is InChI=1S/C12H21NO2S/c1-11(12-5-3-10-16-12)13-6-4-7-15-9-8-14-2/h3,5,10-11,13H,4,6-9H2,1-2H3/t11-/m0/s1. The van der Waals surface area contributed by atoms with Crippen LogP contribution in [-0.2, 0) is 9.47 Å². The van der Waals surface area contributed by atoms with E-state index in [0.717, 1.165) is 19.6 Å². The van der Waals surface area contributed by atoms with Crippen molar-refractivity contribution in [3.8, 4) is 0 Å². The first kappa shape index (κ1) is 13.6. The van der Waals surface area contributed by atoms with Crippen molar-refractivity contribution in [2.24, 2.45) is 0 Å². The molecule has 1 atom stereocenters. The monoisotopic (exact) mass is 243 g/mol.